The van der Waals surface area contributed by atoms with Crippen molar-refractivity contribution in [2.75, 3.05) is 11.6 Å². The van der Waals surface area contributed by atoms with Crippen molar-refractivity contribution in [2.45, 2.75) is 5.75 Å². The summed E-state index contributed by atoms with van der Waals surface area (Å²) in [5, 5.41) is 0.970. The molecule has 0 aliphatic rings. The van der Waals surface area contributed by atoms with E-state index in [2.05, 4.69) is 4.98 Å². The summed E-state index contributed by atoms with van der Waals surface area (Å²) in [6.07, 6.45) is 1.94. The smallest absolute Gasteiger partial charge is 0.123 e. The van der Waals surface area contributed by atoms with Gasteiger partial charge < -0.3 is 4.98 Å². The molecule has 0 saturated heterocycles. The van der Waals surface area contributed by atoms with Crippen molar-refractivity contribution in [1.29, 1.82) is 0 Å². The number of aromatic nitrogens is 1. The molecule has 4 heteroatoms. The number of H-pyrrole nitrogens is 1. The third kappa shape index (κ3) is 2.47. The van der Waals surface area contributed by atoms with Crippen LogP contribution in [-0.2, 0) is 5.75 Å². The summed E-state index contributed by atoms with van der Waals surface area (Å²) in [4.78, 5) is 3.13. The Labute approximate surface area is 97.0 Å². The van der Waals surface area contributed by atoms with Crippen LogP contribution in [0.15, 0.2) is 24.4 Å². The minimum absolute atomic E-state index is 0.189. The molecule has 0 saturated carbocycles. The number of halogens is 2. The fraction of sp³-hybridized carbons (Fsp3) is 0.273. The Morgan fingerprint density at radius 2 is 2.27 bits per heavy atom. The minimum Gasteiger partial charge on any atom is -0.361 e. The van der Waals surface area contributed by atoms with Gasteiger partial charge in [0.15, 0.2) is 0 Å². The van der Waals surface area contributed by atoms with E-state index in [1.54, 1.807) is 23.9 Å². The molecule has 0 atom stereocenters. The van der Waals surface area contributed by atoms with Crippen molar-refractivity contribution >= 4 is 34.3 Å². The van der Waals surface area contributed by atoms with Crippen LogP contribution < -0.4 is 0 Å². The molecule has 1 heterocycles. The van der Waals surface area contributed by atoms with Gasteiger partial charge in [-0.3, -0.25) is 0 Å². The van der Waals surface area contributed by atoms with Gasteiger partial charge in [-0.05, 0) is 23.8 Å². The Balaban J connectivity index is 2.23. The highest BCUT2D eigenvalue weighted by molar-refractivity contribution is 7.98. The number of aromatic amines is 1. The molecule has 0 aliphatic heterocycles. The standard InChI is InChI=1S/C11H11ClFNS/c12-3-4-15-7-8-6-14-11-2-1-9(13)5-10(8)11/h1-2,5-6,14H,3-4,7H2. The molecule has 0 spiro atoms. The molecule has 2 rings (SSSR count). The third-order valence-corrected chi connectivity index (χ3v) is 3.63. The molecular weight excluding hydrogens is 233 g/mol. The molecule has 1 nitrogen and oxygen atoms in total. The van der Waals surface area contributed by atoms with Crippen LogP contribution in [0.3, 0.4) is 0 Å². The summed E-state index contributed by atoms with van der Waals surface area (Å²) in [6, 6.07) is 4.80. The summed E-state index contributed by atoms with van der Waals surface area (Å²) >= 11 is 7.35. The normalized spacial score (nSPS) is 11.1. The maximum atomic E-state index is 13.0. The van der Waals surface area contributed by atoms with Crippen molar-refractivity contribution < 1.29 is 4.39 Å². The first-order chi connectivity index (χ1) is 7.31. The predicted octanol–water partition coefficient (Wildman–Crippen LogP) is 3.78. The first-order valence-electron chi connectivity index (χ1n) is 4.70. The van der Waals surface area contributed by atoms with Gasteiger partial charge in [0.1, 0.15) is 5.82 Å². The van der Waals surface area contributed by atoms with Gasteiger partial charge >= 0.3 is 0 Å². The number of thioether (sulfide) groups is 1. The van der Waals surface area contributed by atoms with E-state index in [9.17, 15) is 4.39 Å². The molecule has 1 N–H and O–H groups in total. The third-order valence-electron chi connectivity index (χ3n) is 2.21. The van der Waals surface area contributed by atoms with Crippen molar-refractivity contribution in [3.8, 4) is 0 Å². The van der Waals surface area contributed by atoms with Gasteiger partial charge in [0, 0.05) is 34.5 Å². The van der Waals surface area contributed by atoms with Gasteiger partial charge in [-0.2, -0.15) is 11.8 Å². The van der Waals surface area contributed by atoms with E-state index in [1.165, 1.54) is 6.07 Å². The van der Waals surface area contributed by atoms with Crippen LogP contribution in [0.25, 0.3) is 10.9 Å². The van der Waals surface area contributed by atoms with Gasteiger partial charge in [-0.15, -0.1) is 11.6 Å². The zero-order valence-electron chi connectivity index (χ0n) is 8.09. The second-order valence-corrected chi connectivity index (χ2v) is 4.73. The molecule has 1 aromatic heterocycles. The first kappa shape index (κ1) is 10.8. The van der Waals surface area contributed by atoms with Crippen LogP contribution in [0.4, 0.5) is 4.39 Å². The average molecular weight is 244 g/mol. The number of rotatable bonds is 4. The lowest BCUT2D eigenvalue weighted by Gasteiger charge is -1.98. The van der Waals surface area contributed by atoms with E-state index in [-0.39, 0.29) is 5.82 Å². The molecule has 2 aromatic rings. The van der Waals surface area contributed by atoms with Crippen molar-refractivity contribution in [3.05, 3.63) is 35.8 Å². The zero-order valence-corrected chi connectivity index (χ0v) is 9.67. The summed E-state index contributed by atoms with van der Waals surface area (Å²) in [6.45, 7) is 0. The van der Waals surface area contributed by atoms with Gasteiger partial charge in [0.05, 0.1) is 0 Å². The van der Waals surface area contributed by atoms with Crippen molar-refractivity contribution in [2.24, 2.45) is 0 Å². The Morgan fingerprint density at radius 1 is 1.40 bits per heavy atom. The summed E-state index contributed by atoms with van der Waals surface area (Å²) in [7, 11) is 0. The van der Waals surface area contributed by atoms with Gasteiger partial charge in [-0.25, -0.2) is 4.39 Å². The van der Waals surface area contributed by atoms with Gasteiger partial charge in [0.2, 0.25) is 0 Å². The topological polar surface area (TPSA) is 15.8 Å². The van der Waals surface area contributed by atoms with E-state index in [0.29, 0.717) is 5.88 Å². The maximum Gasteiger partial charge on any atom is 0.123 e. The van der Waals surface area contributed by atoms with E-state index < -0.39 is 0 Å². The number of fused-ring (bicyclic) bond motifs is 1. The van der Waals surface area contributed by atoms with E-state index in [0.717, 1.165) is 28.0 Å². The molecule has 0 amide bonds. The summed E-state index contributed by atoms with van der Waals surface area (Å²) in [5.41, 5.74) is 2.12. The van der Waals surface area contributed by atoms with E-state index in [4.69, 9.17) is 11.6 Å². The lowest BCUT2D eigenvalue weighted by molar-refractivity contribution is 0.629. The minimum atomic E-state index is -0.189. The molecule has 80 valence electrons. The van der Waals surface area contributed by atoms with Crippen molar-refractivity contribution in [1.82, 2.24) is 4.98 Å². The monoisotopic (exact) mass is 243 g/mol. The molecule has 0 unspecified atom stereocenters. The number of hydrogen-bond acceptors (Lipinski definition) is 1. The van der Waals surface area contributed by atoms with Gasteiger partial charge in [-0.1, -0.05) is 0 Å². The molecule has 0 aliphatic carbocycles. The number of benzene rings is 1. The lowest BCUT2D eigenvalue weighted by Crippen LogP contribution is -1.83. The highest BCUT2D eigenvalue weighted by atomic mass is 35.5. The highest BCUT2D eigenvalue weighted by Gasteiger charge is 2.04. The SMILES string of the molecule is Fc1ccc2[nH]cc(CSCCCl)c2c1. The summed E-state index contributed by atoms with van der Waals surface area (Å²) < 4.78 is 13.0. The zero-order chi connectivity index (χ0) is 10.7. The van der Waals surface area contributed by atoms with Crippen LogP contribution in [0.5, 0.6) is 0 Å². The average Bonchev–Trinajstić information content (AvgIpc) is 2.62. The van der Waals surface area contributed by atoms with Crippen LogP contribution in [-0.4, -0.2) is 16.6 Å². The Hall–Kier alpha value is -0.670. The van der Waals surface area contributed by atoms with Crippen LogP contribution >= 0.6 is 23.4 Å². The fourth-order valence-corrected chi connectivity index (χ4v) is 2.55. The van der Waals surface area contributed by atoms with Crippen LogP contribution in [0.1, 0.15) is 5.56 Å². The second kappa shape index (κ2) is 4.90. The number of hydrogen-bond donors (Lipinski definition) is 1. The lowest BCUT2D eigenvalue weighted by atomic mass is 10.2. The highest BCUT2D eigenvalue weighted by Crippen LogP contribution is 2.23. The Morgan fingerprint density at radius 3 is 3.07 bits per heavy atom. The molecule has 0 bridgehead atoms. The molecular formula is C11H11ClFNS. The fourth-order valence-electron chi connectivity index (χ4n) is 1.51. The van der Waals surface area contributed by atoms with Crippen molar-refractivity contribution in [3.63, 3.8) is 0 Å². The largest absolute Gasteiger partial charge is 0.361 e. The second-order valence-electron chi connectivity index (χ2n) is 3.25. The predicted molar refractivity (Wildman–Crippen MR) is 65.1 cm³/mol. The molecule has 1 aromatic carbocycles. The quantitative estimate of drug-likeness (QED) is 0.638. The number of alkyl halides is 1. The van der Waals surface area contributed by atoms with E-state index >= 15 is 0 Å². The first-order valence-corrected chi connectivity index (χ1v) is 6.39. The maximum absolute atomic E-state index is 13.0. The van der Waals surface area contributed by atoms with Crippen LogP contribution in [0, 0.1) is 5.82 Å². The molecule has 0 radical (unpaired) electrons. The molecule has 15 heavy (non-hydrogen) atoms. The summed E-state index contributed by atoms with van der Waals surface area (Å²) in [5.74, 6) is 2.26. The Kier molecular flexibility index (Phi) is 3.54. The number of nitrogens with one attached hydrogen (secondary N) is 1. The molecule has 0 fully saturated rings. The van der Waals surface area contributed by atoms with Gasteiger partial charge in [0.25, 0.3) is 0 Å². The van der Waals surface area contributed by atoms with Crippen LogP contribution in [0.2, 0.25) is 0 Å². The van der Waals surface area contributed by atoms with E-state index in [1.807, 2.05) is 6.20 Å². The Bertz CT molecular complexity index is 455.